The zero-order valence-electron chi connectivity index (χ0n) is 14.4. The number of carbonyl (C=O) groups is 2. The maximum atomic E-state index is 12.8. The van der Waals surface area contributed by atoms with Crippen molar-refractivity contribution in [1.29, 1.82) is 0 Å². The van der Waals surface area contributed by atoms with Gasteiger partial charge < -0.3 is 15.8 Å². The van der Waals surface area contributed by atoms with Gasteiger partial charge in [0.15, 0.2) is 6.61 Å². The lowest BCUT2D eigenvalue weighted by Gasteiger charge is -2.26. The van der Waals surface area contributed by atoms with Gasteiger partial charge >= 0.3 is 0 Å². The molecule has 0 aliphatic heterocycles. The number of nitrogens with two attached hydrogens (primary N) is 1. The van der Waals surface area contributed by atoms with Crippen LogP contribution < -0.4 is 15.8 Å². The highest BCUT2D eigenvalue weighted by Crippen LogP contribution is 2.22. The van der Waals surface area contributed by atoms with Crippen LogP contribution in [0.1, 0.15) is 18.5 Å². The Hall–Kier alpha value is -2.86. The van der Waals surface area contributed by atoms with Crippen LogP contribution in [0.4, 0.5) is 5.69 Å². The minimum atomic E-state index is -0.536. The first-order valence-corrected chi connectivity index (χ1v) is 8.08. The van der Waals surface area contributed by atoms with E-state index in [2.05, 4.69) is 5.32 Å². The van der Waals surface area contributed by atoms with Crippen LogP contribution in [0.5, 0.6) is 5.75 Å². The van der Waals surface area contributed by atoms with Crippen LogP contribution in [0, 0.1) is 0 Å². The summed E-state index contributed by atoms with van der Waals surface area (Å²) in [4.78, 5) is 25.5. The van der Waals surface area contributed by atoms with Gasteiger partial charge in [0.05, 0.1) is 0 Å². The van der Waals surface area contributed by atoms with Gasteiger partial charge in [-0.25, -0.2) is 0 Å². The molecule has 0 saturated heterocycles. The molecule has 0 aliphatic rings. The lowest BCUT2D eigenvalue weighted by Crippen LogP contribution is -2.34. The van der Waals surface area contributed by atoms with E-state index in [1.165, 1.54) is 0 Å². The van der Waals surface area contributed by atoms with Crippen LogP contribution in [0.2, 0.25) is 0 Å². The normalized spacial score (nSPS) is 11.8. The Morgan fingerprint density at radius 3 is 2.32 bits per heavy atom. The standard InChI is InChI=1S/C19H23N3O3/c1-3-22(2)18(14-7-5-4-6-8-14)19(24)21-15-9-11-16(12-10-15)25-13-17(20)23/h4-12,18H,3,13H2,1-2H3,(H2,20,23)(H,21,24)/t18-/m0/s1. The second-order valence-electron chi connectivity index (χ2n) is 5.66. The summed E-state index contributed by atoms with van der Waals surface area (Å²) in [6.07, 6.45) is 0. The van der Waals surface area contributed by atoms with Crippen LogP contribution in [0.25, 0.3) is 0 Å². The third kappa shape index (κ3) is 5.32. The molecule has 0 saturated carbocycles. The molecule has 0 fully saturated rings. The Morgan fingerprint density at radius 2 is 1.76 bits per heavy atom. The predicted octanol–water partition coefficient (Wildman–Crippen LogP) is 2.18. The molecule has 6 nitrogen and oxygen atoms in total. The highest BCUT2D eigenvalue weighted by atomic mass is 16.5. The summed E-state index contributed by atoms with van der Waals surface area (Å²) in [5.41, 5.74) is 6.63. The van der Waals surface area contributed by atoms with E-state index >= 15 is 0 Å². The van der Waals surface area contributed by atoms with E-state index in [-0.39, 0.29) is 18.6 Å². The number of carbonyl (C=O) groups excluding carboxylic acids is 2. The van der Waals surface area contributed by atoms with E-state index in [4.69, 9.17) is 10.5 Å². The van der Waals surface area contributed by atoms with Gasteiger partial charge in [-0.15, -0.1) is 0 Å². The molecular weight excluding hydrogens is 318 g/mol. The lowest BCUT2D eigenvalue weighted by molar-refractivity contribution is -0.121. The molecule has 0 heterocycles. The van der Waals surface area contributed by atoms with Crippen molar-refractivity contribution in [3.63, 3.8) is 0 Å². The van der Waals surface area contributed by atoms with Gasteiger partial charge in [-0.2, -0.15) is 0 Å². The molecule has 2 aromatic rings. The van der Waals surface area contributed by atoms with Crippen LogP contribution in [0.3, 0.4) is 0 Å². The fourth-order valence-electron chi connectivity index (χ4n) is 2.42. The predicted molar refractivity (Wildman–Crippen MR) is 97.2 cm³/mol. The number of hydrogen-bond donors (Lipinski definition) is 2. The van der Waals surface area contributed by atoms with Gasteiger partial charge in [0, 0.05) is 5.69 Å². The Bertz CT molecular complexity index is 702. The van der Waals surface area contributed by atoms with E-state index in [0.29, 0.717) is 11.4 Å². The maximum Gasteiger partial charge on any atom is 0.255 e. The summed E-state index contributed by atoms with van der Waals surface area (Å²) in [5, 5.41) is 2.92. The zero-order chi connectivity index (χ0) is 18.2. The van der Waals surface area contributed by atoms with Crippen molar-refractivity contribution in [2.24, 2.45) is 5.73 Å². The number of nitrogens with zero attached hydrogens (tertiary/aromatic N) is 1. The molecule has 2 aromatic carbocycles. The van der Waals surface area contributed by atoms with E-state index in [1.54, 1.807) is 24.3 Å². The zero-order valence-corrected chi connectivity index (χ0v) is 14.4. The number of anilines is 1. The quantitative estimate of drug-likeness (QED) is 0.771. The molecule has 0 bridgehead atoms. The monoisotopic (exact) mass is 341 g/mol. The molecule has 0 spiro atoms. The van der Waals surface area contributed by atoms with E-state index in [1.807, 2.05) is 49.2 Å². The van der Waals surface area contributed by atoms with Gasteiger partial charge in [-0.05, 0) is 43.4 Å². The average Bonchev–Trinajstić information content (AvgIpc) is 2.62. The SMILES string of the molecule is CCN(C)[C@H](C(=O)Nc1ccc(OCC(N)=O)cc1)c1ccccc1. The summed E-state index contributed by atoms with van der Waals surface area (Å²) in [7, 11) is 1.91. The second-order valence-corrected chi connectivity index (χ2v) is 5.66. The summed E-state index contributed by atoms with van der Waals surface area (Å²) in [5.74, 6) is -0.130. The molecule has 25 heavy (non-hydrogen) atoms. The smallest absolute Gasteiger partial charge is 0.255 e. The van der Waals surface area contributed by atoms with Gasteiger partial charge in [-0.3, -0.25) is 14.5 Å². The summed E-state index contributed by atoms with van der Waals surface area (Å²) in [6.45, 7) is 2.57. The molecule has 0 aromatic heterocycles. The number of hydrogen-bond acceptors (Lipinski definition) is 4. The number of nitrogens with one attached hydrogen (secondary N) is 1. The minimum absolute atomic E-state index is 0.110. The maximum absolute atomic E-state index is 12.8. The molecular formula is C19H23N3O3. The summed E-state index contributed by atoms with van der Waals surface area (Å²) in [6, 6.07) is 16.1. The second kappa shape index (κ2) is 8.84. The first-order valence-electron chi connectivity index (χ1n) is 8.08. The fourth-order valence-corrected chi connectivity index (χ4v) is 2.42. The Labute approximate surface area is 147 Å². The van der Waals surface area contributed by atoms with Crippen molar-refractivity contribution < 1.29 is 14.3 Å². The van der Waals surface area contributed by atoms with Crippen molar-refractivity contribution in [2.45, 2.75) is 13.0 Å². The van der Waals surface area contributed by atoms with Gasteiger partial charge in [0.25, 0.3) is 5.91 Å². The molecule has 3 N–H and O–H groups in total. The molecule has 0 aliphatic carbocycles. The third-order valence-corrected chi connectivity index (χ3v) is 3.81. The molecule has 1 atom stereocenters. The van der Waals surface area contributed by atoms with Crippen LogP contribution in [0.15, 0.2) is 54.6 Å². The topological polar surface area (TPSA) is 84.7 Å². The Balaban J connectivity index is 2.09. The van der Waals surface area contributed by atoms with Crippen LogP contribution >= 0.6 is 0 Å². The largest absolute Gasteiger partial charge is 0.484 e. The number of amides is 2. The summed E-state index contributed by atoms with van der Waals surface area (Å²) >= 11 is 0. The molecule has 2 rings (SSSR count). The number of likely N-dealkylation sites (N-methyl/N-ethyl adjacent to an activating group) is 1. The Kier molecular flexibility index (Phi) is 6.54. The fraction of sp³-hybridized carbons (Fsp3) is 0.263. The summed E-state index contributed by atoms with van der Waals surface area (Å²) < 4.78 is 5.20. The number of ether oxygens (including phenoxy) is 1. The third-order valence-electron chi connectivity index (χ3n) is 3.81. The average molecular weight is 341 g/mol. The van der Waals surface area contributed by atoms with E-state index in [0.717, 1.165) is 12.1 Å². The molecule has 0 radical (unpaired) electrons. The van der Waals surface area contributed by atoms with Crippen LogP contribution in [-0.4, -0.2) is 36.9 Å². The van der Waals surface area contributed by atoms with Crippen molar-refractivity contribution >= 4 is 17.5 Å². The lowest BCUT2D eigenvalue weighted by atomic mass is 10.0. The number of rotatable bonds is 8. The number of benzene rings is 2. The van der Waals surface area contributed by atoms with E-state index in [9.17, 15) is 9.59 Å². The van der Waals surface area contributed by atoms with Gasteiger partial charge in [-0.1, -0.05) is 37.3 Å². The van der Waals surface area contributed by atoms with Gasteiger partial charge in [0.2, 0.25) is 5.91 Å². The molecule has 132 valence electrons. The molecule has 0 unspecified atom stereocenters. The number of primary amides is 1. The van der Waals surface area contributed by atoms with Crippen molar-refractivity contribution in [3.8, 4) is 5.75 Å². The first kappa shape index (κ1) is 18.5. The van der Waals surface area contributed by atoms with Crippen molar-refractivity contribution in [1.82, 2.24) is 4.90 Å². The molecule has 2 amide bonds. The molecule has 6 heteroatoms. The van der Waals surface area contributed by atoms with Gasteiger partial charge in [0.1, 0.15) is 11.8 Å². The highest BCUT2D eigenvalue weighted by Gasteiger charge is 2.24. The van der Waals surface area contributed by atoms with Crippen LogP contribution in [-0.2, 0) is 9.59 Å². The van der Waals surface area contributed by atoms with E-state index < -0.39 is 5.91 Å². The highest BCUT2D eigenvalue weighted by molar-refractivity contribution is 5.95. The van der Waals surface area contributed by atoms with Crippen molar-refractivity contribution in [3.05, 3.63) is 60.2 Å². The Morgan fingerprint density at radius 1 is 1.12 bits per heavy atom. The minimum Gasteiger partial charge on any atom is -0.484 e. The first-order chi connectivity index (χ1) is 12.0. The van der Waals surface area contributed by atoms with Crippen molar-refractivity contribution in [2.75, 3.05) is 25.5 Å².